The van der Waals surface area contributed by atoms with Gasteiger partial charge in [0.15, 0.2) is 0 Å². The summed E-state index contributed by atoms with van der Waals surface area (Å²) in [5.41, 5.74) is 3.80. The molecule has 3 aliphatic carbocycles. The second-order valence-corrected chi connectivity index (χ2v) is 11.5. The van der Waals surface area contributed by atoms with E-state index in [0.29, 0.717) is 29.7 Å². The molecule has 170 valence electrons. The summed E-state index contributed by atoms with van der Waals surface area (Å²) in [7, 11) is 0. The minimum absolute atomic E-state index is 0.447. The van der Waals surface area contributed by atoms with E-state index in [1.165, 1.54) is 44.9 Å². The van der Waals surface area contributed by atoms with Gasteiger partial charge in [0, 0.05) is 0 Å². The first kappa shape index (κ1) is 23.8. The number of allylic oxidation sites excluding steroid dienone is 3. The Morgan fingerprint density at radius 2 is 1.70 bits per heavy atom. The van der Waals surface area contributed by atoms with Crippen LogP contribution in [0.25, 0.3) is 0 Å². The highest BCUT2D eigenvalue weighted by Crippen LogP contribution is 2.60. The summed E-state index contributed by atoms with van der Waals surface area (Å²) in [5.74, 6) is 3.98. The molecule has 0 saturated heterocycles. The maximum Gasteiger partial charge on any atom is 0.0809 e. The lowest BCUT2D eigenvalue weighted by Crippen LogP contribution is -2.36. The fourth-order valence-corrected chi connectivity index (χ4v) is 6.70. The van der Waals surface area contributed by atoms with Crippen LogP contribution in [0.1, 0.15) is 92.4 Å². The third-order valence-electron chi connectivity index (χ3n) is 9.24. The molecule has 1 unspecified atom stereocenters. The molecule has 0 aromatic carbocycles. The zero-order chi connectivity index (χ0) is 22.1. The molecule has 0 heterocycles. The first-order valence-electron chi connectivity index (χ1n) is 12.6. The van der Waals surface area contributed by atoms with Gasteiger partial charge in [-0.15, -0.1) is 0 Å². The molecular formula is C28H46O2. The Balaban J connectivity index is 1.69. The van der Waals surface area contributed by atoms with Crippen LogP contribution in [0.4, 0.5) is 0 Å². The summed E-state index contributed by atoms with van der Waals surface area (Å²) in [4.78, 5) is 0. The van der Waals surface area contributed by atoms with Crippen LogP contribution in [0.2, 0.25) is 0 Å². The van der Waals surface area contributed by atoms with Crippen LogP contribution in [0.15, 0.2) is 35.5 Å². The second-order valence-electron chi connectivity index (χ2n) is 11.5. The average Bonchev–Trinajstić information content (AvgIpc) is 3.05. The second kappa shape index (κ2) is 9.74. The molecule has 0 aromatic heterocycles. The first-order valence-corrected chi connectivity index (χ1v) is 12.6. The van der Waals surface area contributed by atoms with Crippen LogP contribution < -0.4 is 0 Å². The molecule has 0 aliphatic heterocycles. The molecule has 2 nitrogen and oxygen atoms in total. The predicted molar refractivity (Wildman–Crippen MR) is 127 cm³/mol. The molecule has 0 aromatic rings. The van der Waals surface area contributed by atoms with Crippen molar-refractivity contribution < 1.29 is 10.2 Å². The van der Waals surface area contributed by atoms with E-state index >= 15 is 0 Å². The lowest BCUT2D eigenvalue weighted by molar-refractivity contribution is 0.0907. The lowest BCUT2D eigenvalue weighted by atomic mass is 9.60. The summed E-state index contributed by atoms with van der Waals surface area (Å²) in [6.07, 6.45) is 14.0. The van der Waals surface area contributed by atoms with Gasteiger partial charge in [0.25, 0.3) is 0 Å². The largest absolute Gasteiger partial charge is 0.388 e. The Labute approximate surface area is 185 Å². The van der Waals surface area contributed by atoms with E-state index in [2.05, 4.69) is 53.3 Å². The molecule has 7 atom stereocenters. The van der Waals surface area contributed by atoms with Crippen molar-refractivity contribution in [3.63, 3.8) is 0 Å². The Kier molecular flexibility index (Phi) is 7.72. The maximum atomic E-state index is 10.1. The van der Waals surface area contributed by atoms with E-state index < -0.39 is 12.2 Å². The molecule has 0 radical (unpaired) electrons. The Morgan fingerprint density at radius 1 is 1.03 bits per heavy atom. The zero-order valence-electron chi connectivity index (χ0n) is 20.2. The van der Waals surface area contributed by atoms with Crippen molar-refractivity contribution in [2.45, 2.75) is 105 Å². The molecule has 3 rings (SSSR count). The first-order chi connectivity index (χ1) is 14.1. The van der Waals surface area contributed by atoms with E-state index in [1.54, 1.807) is 5.57 Å². The quantitative estimate of drug-likeness (QED) is 0.467. The van der Waals surface area contributed by atoms with Crippen LogP contribution in [0.5, 0.6) is 0 Å². The van der Waals surface area contributed by atoms with Crippen LogP contribution in [0, 0.1) is 35.0 Å². The molecular weight excluding hydrogens is 368 g/mol. The van der Waals surface area contributed by atoms with Crippen LogP contribution in [0.3, 0.4) is 0 Å². The molecule has 0 spiro atoms. The fraction of sp³-hybridized carbons (Fsp3) is 0.786. The number of aliphatic hydroxyl groups is 2. The minimum atomic E-state index is -0.597. The van der Waals surface area contributed by atoms with Crippen molar-refractivity contribution in [3.05, 3.63) is 35.5 Å². The van der Waals surface area contributed by atoms with Crippen molar-refractivity contribution in [1.82, 2.24) is 0 Å². The van der Waals surface area contributed by atoms with Gasteiger partial charge < -0.3 is 10.2 Å². The maximum absolute atomic E-state index is 10.1. The van der Waals surface area contributed by atoms with Crippen molar-refractivity contribution in [2.75, 3.05) is 0 Å². The number of fused-ring (bicyclic) bond motifs is 1. The molecule has 3 fully saturated rings. The van der Waals surface area contributed by atoms with Gasteiger partial charge >= 0.3 is 0 Å². The predicted octanol–water partition coefficient (Wildman–Crippen LogP) is 6.84. The van der Waals surface area contributed by atoms with Crippen LogP contribution in [-0.4, -0.2) is 22.4 Å². The minimum Gasteiger partial charge on any atom is -0.388 e. The zero-order valence-corrected chi connectivity index (χ0v) is 20.2. The van der Waals surface area contributed by atoms with Crippen molar-refractivity contribution in [2.24, 2.45) is 35.0 Å². The number of aliphatic hydroxyl groups excluding tert-OH is 2. The van der Waals surface area contributed by atoms with Crippen LogP contribution in [-0.2, 0) is 0 Å². The lowest BCUT2D eigenvalue weighted by Gasteiger charge is -2.44. The Hall–Kier alpha value is -0.860. The standard InChI is InChI=1S/C28H46O2/c1-18(2)19(3)9-10-20(4)24-13-14-25-23(8-7-15-28(24,25)6)12-11-22-16-26(29)21(5)27(30)17-22/h11-12,18-20,24-27,29-30H,5,7-10,13-17H2,1-4,6H3/b23-12+/t19-,20+,24?,25-,26+,27+,28+/m0/s1. The van der Waals surface area contributed by atoms with Gasteiger partial charge in [0.1, 0.15) is 0 Å². The normalized spacial score (nSPS) is 38.1. The monoisotopic (exact) mass is 414 g/mol. The summed E-state index contributed by atoms with van der Waals surface area (Å²) in [5, 5.41) is 20.3. The molecule has 3 saturated carbocycles. The number of hydrogen-bond donors (Lipinski definition) is 2. The van der Waals surface area contributed by atoms with E-state index in [0.717, 1.165) is 29.2 Å². The van der Waals surface area contributed by atoms with Crippen molar-refractivity contribution in [3.8, 4) is 0 Å². The average molecular weight is 415 g/mol. The topological polar surface area (TPSA) is 40.5 Å². The van der Waals surface area contributed by atoms with Crippen molar-refractivity contribution in [1.29, 1.82) is 0 Å². The summed E-state index contributed by atoms with van der Waals surface area (Å²) < 4.78 is 0. The van der Waals surface area contributed by atoms with E-state index in [4.69, 9.17) is 0 Å². The SMILES string of the molecule is C=C1[C@H](O)CC(=C/C=C2\CCC[C@]3(C)C([C@H](C)CC[C@H](C)C(C)C)CC[C@@H]23)C[C@H]1O. The number of rotatable bonds is 6. The molecule has 2 N–H and O–H groups in total. The third-order valence-corrected chi connectivity index (χ3v) is 9.24. The Morgan fingerprint density at radius 3 is 2.33 bits per heavy atom. The molecule has 2 heteroatoms. The summed E-state index contributed by atoms with van der Waals surface area (Å²) >= 11 is 0. The van der Waals surface area contributed by atoms with Gasteiger partial charge in [0.05, 0.1) is 12.2 Å². The van der Waals surface area contributed by atoms with E-state index in [1.807, 2.05) is 0 Å². The highest BCUT2D eigenvalue weighted by molar-refractivity contribution is 5.29. The third kappa shape index (κ3) is 4.96. The summed E-state index contributed by atoms with van der Waals surface area (Å²) in [6.45, 7) is 16.1. The van der Waals surface area contributed by atoms with Crippen molar-refractivity contribution >= 4 is 0 Å². The highest BCUT2D eigenvalue weighted by atomic mass is 16.3. The van der Waals surface area contributed by atoms with Gasteiger partial charge in [-0.2, -0.15) is 0 Å². The van der Waals surface area contributed by atoms with Crippen LogP contribution >= 0.6 is 0 Å². The van der Waals surface area contributed by atoms with Gasteiger partial charge in [-0.3, -0.25) is 0 Å². The van der Waals surface area contributed by atoms with E-state index in [-0.39, 0.29) is 0 Å². The fourth-order valence-electron chi connectivity index (χ4n) is 6.70. The molecule has 0 amide bonds. The van der Waals surface area contributed by atoms with Gasteiger partial charge in [-0.25, -0.2) is 0 Å². The molecule has 0 bridgehead atoms. The summed E-state index contributed by atoms with van der Waals surface area (Å²) in [6, 6.07) is 0. The highest BCUT2D eigenvalue weighted by Gasteiger charge is 2.50. The molecule has 30 heavy (non-hydrogen) atoms. The van der Waals surface area contributed by atoms with Gasteiger partial charge in [-0.1, -0.05) is 77.3 Å². The Bertz CT molecular complexity index is 656. The van der Waals surface area contributed by atoms with Gasteiger partial charge in [-0.05, 0) is 85.5 Å². The van der Waals surface area contributed by atoms with E-state index in [9.17, 15) is 10.2 Å². The number of hydrogen-bond acceptors (Lipinski definition) is 2. The smallest absolute Gasteiger partial charge is 0.0809 e. The van der Waals surface area contributed by atoms with Gasteiger partial charge in [0.2, 0.25) is 0 Å². The molecule has 3 aliphatic rings.